The second-order valence-corrected chi connectivity index (χ2v) is 10.4. The number of β-amino-alcohol motifs (C(OH)–C–C–N with tert-alkyl or cyclic N) is 1. The zero-order valence-electron chi connectivity index (χ0n) is 20.3. The van der Waals surface area contributed by atoms with Gasteiger partial charge in [-0.1, -0.05) is 18.2 Å². The summed E-state index contributed by atoms with van der Waals surface area (Å²) >= 11 is 0. The average molecular weight is 482 g/mol. The fourth-order valence-electron chi connectivity index (χ4n) is 6.13. The number of pyridine rings is 1. The van der Waals surface area contributed by atoms with Gasteiger partial charge in [0.15, 0.2) is 0 Å². The zero-order valence-corrected chi connectivity index (χ0v) is 20.3. The van der Waals surface area contributed by atoms with Gasteiger partial charge in [0.1, 0.15) is 5.82 Å². The van der Waals surface area contributed by atoms with Crippen LogP contribution in [0, 0.1) is 24.6 Å². The summed E-state index contributed by atoms with van der Waals surface area (Å²) in [6, 6.07) is 11.2. The summed E-state index contributed by atoms with van der Waals surface area (Å²) in [5, 5.41) is 13.9. The van der Waals surface area contributed by atoms with Crippen molar-refractivity contribution in [1.82, 2.24) is 26.1 Å². The number of aromatic nitrogens is 1. The Hall–Kier alpha value is -2.39. The fourth-order valence-corrected chi connectivity index (χ4v) is 6.13. The molecule has 1 saturated carbocycles. The largest absolute Gasteiger partial charge is 0.387 e. The van der Waals surface area contributed by atoms with Crippen molar-refractivity contribution in [3.05, 3.63) is 65.2 Å². The van der Waals surface area contributed by atoms with Crippen LogP contribution in [0.3, 0.4) is 0 Å². The average Bonchev–Trinajstić information content (AvgIpc) is 3.28. The van der Waals surface area contributed by atoms with E-state index in [0.29, 0.717) is 30.6 Å². The summed E-state index contributed by atoms with van der Waals surface area (Å²) in [5.74, 6) is 0.123. The van der Waals surface area contributed by atoms with Crippen LogP contribution in [0.25, 0.3) is 0 Å². The maximum Gasteiger partial charge on any atom is 0.223 e. The van der Waals surface area contributed by atoms with Gasteiger partial charge in [-0.3, -0.25) is 20.1 Å². The number of hydrogen-bond acceptors (Lipinski definition) is 6. The summed E-state index contributed by atoms with van der Waals surface area (Å²) < 4.78 is 14.0. The number of carbonyl (C=O) groups is 1. The van der Waals surface area contributed by atoms with E-state index in [2.05, 4.69) is 38.2 Å². The molecule has 1 aliphatic carbocycles. The molecular formula is C27H36FN5O2. The van der Waals surface area contributed by atoms with Crippen molar-refractivity contribution in [2.75, 3.05) is 19.6 Å². The van der Waals surface area contributed by atoms with Crippen molar-refractivity contribution in [3.63, 3.8) is 0 Å². The number of aliphatic hydroxyl groups is 1. The Morgan fingerprint density at radius 2 is 2.11 bits per heavy atom. The Labute approximate surface area is 206 Å². The first-order chi connectivity index (χ1) is 17.0. The molecule has 35 heavy (non-hydrogen) atoms. The molecule has 5 unspecified atom stereocenters. The highest BCUT2D eigenvalue weighted by molar-refractivity contribution is 5.79. The number of benzene rings is 1. The number of nitrogens with one attached hydrogen (secondary N) is 3. The van der Waals surface area contributed by atoms with Gasteiger partial charge in [0.2, 0.25) is 5.91 Å². The van der Waals surface area contributed by atoms with E-state index in [0.717, 1.165) is 44.3 Å². The highest BCUT2D eigenvalue weighted by Gasteiger charge is 2.43. The van der Waals surface area contributed by atoms with E-state index < -0.39 is 6.10 Å². The number of hydrazine groups is 1. The third kappa shape index (κ3) is 5.56. The van der Waals surface area contributed by atoms with E-state index in [-0.39, 0.29) is 29.7 Å². The van der Waals surface area contributed by atoms with E-state index in [4.69, 9.17) is 0 Å². The van der Waals surface area contributed by atoms with Gasteiger partial charge < -0.3 is 10.4 Å². The SMILES string of the molecule is Cc1cc(C2NNC3CCC(C(=O)N[C@@H]4CCCN(CC(O)c5ccccc5F)C4)CC32)ccn1. The number of aryl methyl sites for hydroxylation is 1. The number of amides is 1. The minimum absolute atomic E-state index is 0.00256. The molecule has 8 heteroatoms. The molecule has 2 saturated heterocycles. The number of nitrogens with zero attached hydrogens (tertiary/aromatic N) is 2. The molecule has 7 nitrogen and oxygen atoms in total. The number of piperidine rings is 1. The Morgan fingerprint density at radius 3 is 2.94 bits per heavy atom. The van der Waals surface area contributed by atoms with Gasteiger partial charge in [-0.15, -0.1) is 0 Å². The van der Waals surface area contributed by atoms with Gasteiger partial charge in [0, 0.05) is 48.5 Å². The summed E-state index contributed by atoms with van der Waals surface area (Å²) in [4.78, 5) is 19.7. The quantitative estimate of drug-likeness (QED) is 0.508. The lowest BCUT2D eigenvalue weighted by Crippen LogP contribution is -2.51. The third-order valence-electron chi connectivity index (χ3n) is 7.95. The van der Waals surface area contributed by atoms with Crippen LogP contribution in [-0.2, 0) is 4.79 Å². The highest BCUT2D eigenvalue weighted by Crippen LogP contribution is 2.40. The van der Waals surface area contributed by atoms with Crippen molar-refractivity contribution in [2.24, 2.45) is 11.8 Å². The molecule has 2 aliphatic heterocycles. The third-order valence-corrected chi connectivity index (χ3v) is 7.95. The lowest BCUT2D eigenvalue weighted by Gasteiger charge is -2.36. The maximum atomic E-state index is 14.0. The number of aliphatic hydroxyl groups excluding tert-OH is 1. The van der Waals surface area contributed by atoms with Gasteiger partial charge in [-0.2, -0.15) is 0 Å². The first kappa shape index (κ1) is 24.3. The standard InChI is InChI=1S/C27H36FN5O2/c1-17-13-18(10-11-29-17)26-22-14-19(8-9-24(22)31-32-26)27(35)30-20-5-4-12-33(15-20)16-25(34)21-6-2-3-7-23(21)28/h2-3,6-7,10-11,13,19-20,22,24-26,31-32,34H,4-5,8-9,12,14-16H2,1H3,(H,30,35)/t19?,20-,22?,24?,25?,26?/m1/s1. The van der Waals surface area contributed by atoms with E-state index in [9.17, 15) is 14.3 Å². The topological polar surface area (TPSA) is 89.5 Å². The monoisotopic (exact) mass is 481 g/mol. The summed E-state index contributed by atoms with van der Waals surface area (Å²) in [7, 11) is 0. The van der Waals surface area contributed by atoms with E-state index in [1.807, 2.05) is 13.1 Å². The predicted octanol–water partition coefficient (Wildman–Crippen LogP) is 2.78. The smallest absolute Gasteiger partial charge is 0.223 e. The number of likely N-dealkylation sites (tertiary alicyclic amines) is 1. The Bertz CT molecular complexity index is 1040. The molecule has 0 spiro atoms. The van der Waals surface area contributed by atoms with Crippen LogP contribution < -0.4 is 16.2 Å². The van der Waals surface area contributed by atoms with Gasteiger partial charge in [0.05, 0.1) is 12.1 Å². The van der Waals surface area contributed by atoms with Crippen LogP contribution in [0.1, 0.15) is 61.1 Å². The molecule has 1 amide bonds. The molecule has 3 aliphatic rings. The maximum absolute atomic E-state index is 14.0. The lowest BCUT2D eigenvalue weighted by atomic mass is 9.74. The fraction of sp³-hybridized carbons (Fsp3) is 0.556. The van der Waals surface area contributed by atoms with Crippen molar-refractivity contribution >= 4 is 5.91 Å². The molecule has 3 heterocycles. The number of hydrogen-bond donors (Lipinski definition) is 4. The molecular weight excluding hydrogens is 445 g/mol. The van der Waals surface area contributed by atoms with Crippen LogP contribution in [0.2, 0.25) is 0 Å². The van der Waals surface area contributed by atoms with Crippen LogP contribution >= 0.6 is 0 Å². The highest BCUT2D eigenvalue weighted by atomic mass is 19.1. The number of fused-ring (bicyclic) bond motifs is 1. The molecule has 0 radical (unpaired) electrons. The van der Waals surface area contributed by atoms with E-state index in [1.165, 1.54) is 11.6 Å². The summed E-state index contributed by atoms with van der Waals surface area (Å²) in [5.41, 5.74) is 9.45. The first-order valence-corrected chi connectivity index (χ1v) is 12.9. The van der Waals surface area contributed by atoms with E-state index in [1.54, 1.807) is 18.2 Å². The van der Waals surface area contributed by atoms with Crippen molar-refractivity contribution in [1.29, 1.82) is 0 Å². The predicted molar refractivity (Wildman–Crippen MR) is 132 cm³/mol. The van der Waals surface area contributed by atoms with Crippen LogP contribution in [0.4, 0.5) is 4.39 Å². The van der Waals surface area contributed by atoms with Crippen molar-refractivity contribution in [3.8, 4) is 0 Å². The molecule has 0 bridgehead atoms. The molecule has 1 aromatic heterocycles. The van der Waals surface area contributed by atoms with Crippen LogP contribution in [0.5, 0.6) is 0 Å². The lowest BCUT2D eigenvalue weighted by molar-refractivity contribution is -0.127. The minimum Gasteiger partial charge on any atom is -0.387 e. The van der Waals surface area contributed by atoms with E-state index >= 15 is 0 Å². The van der Waals surface area contributed by atoms with Crippen LogP contribution in [0.15, 0.2) is 42.6 Å². The Balaban J connectivity index is 1.16. The molecule has 6 atom stereocenters. The van der Waals surface area contributed by atoms with Crippen molar-refractivity contribution in [2.45, 2.75) is 63.3 Å². The summed E-state index contributed by atoms with van der Waals surface area (Å²) in [6.45, 7) is 3.89. The van der Waals surface area contributed by atoms with Crippen LogP contribution in [-0.4, -0.2) is 52.6 Å². The minimum atomic E-state index is -0.878. The van der Waals surface area contributed by atoms with Gasteiger partial charge in [0.25, 0.3) is 0 Å². The molecule has 3 fully saturated rings. The van der Waals surface area contributed by atoms with Gasteiger partial charge >= 0.3 is 0 Å². The normalized spacial score (nSPS) is 30.0. The Kier molecular flexibility index (Phi) is 7.43. The summed E-state index contributed by atoms with van der Waals surface area (Å²) in [6.07, 6.45) is 5.56. The van der Waals surface area contributed by atoms with Gasteiger partial charge in [-0.25, -0.2) is 9.82 Å². The molecule has 188 valence electrons. The van der Waals surface area contributed by atoms with Gasteiger partial charge in [-0.05, 0) is 75.3 Å². The molecule has 4 N–H and O–H groups in total. The molecule has 2 aromatic rings. The second-order valence-electron chi connectivity index (χ2n) is 10.4. The zero-order chi connectivity index (χ0) is 24.4. The molecule has 5 rings (SSSR count). The number of rotatable bonds is 6. The second kappa shape index (κ2) is 10.7. The number of halogens is 1. The van der Waals surface area contributed by atoms with Crippen molar-refractivity contribution < 1.29 is 14.3 Å². The number of carbonyl (C=O) groups excluding carboxylic acids is 1. The first-order valence-electron chi connectivity index (χ1n) is 12.9. The Morgan fingerprint density at radius 1 is 1.26 bits per heavy atom. The molecule has 1 aromatic carbocycles.